The summed E-state index contributed by atoms with van der Waals surface area (Å²) in [5.41, 5.74) is -5.33. The van der Waals surface area contributed by atoms with E-state index in [0.29, 0.717) is 25.7 Å². The van der Waals surface area contributed by atoms with Gasteiger partial charge in [0, 0.05) is 11.0 Å². The van der Waals surface area contributed by atoms with E-state index in [4.69, 9.17) is 0 Å². The first-order valence-electron chi connectivity index (χ1n) is 16.1. The van der Waals surface area contributed by atoms with Crippen LogP contribution in [-0.4, -0.2) is 38.3 Å². The fourth-order valence-corrected chi connectivity index (χ4v) is 10.4. The van der Waals surface area contributed by atoms with Crippen LogP contribution in [0.4, 0.5) is 0 Å². The Hall–Kier alpha value is -2.99. The molecule has 0 aliphatic heterocycles. The number of phenols is 2. The molecule has 6 rings (SSSR count). The van der Waals surface area contributed by atoms with Crippen LogP contribution in [0.15, 0.2) is 53.1 Å². The molecular weight excluding hydrogens is 552 g/mol. The second kappa shape index (κ2) is 10.0. The van der Waals surface area contributed by atoms with Gasteiger partial charge in [-0.25, -0.2) is 0 Å². The third-order valence-electron chi connectivity index (χ3n) is 12.5. The van der Waals surface area contributed by atoms with Crippen molar-refractivity contribution in [1.29, 1.82) is 0 Å². The zero-order valence-electron chi connectivity index (χ0n) is 27.9. The molecule has 5 fully saturated rings. The SMILES string of the molecule is CC(C)=CCC1C[C@]23C[C@@H](CC=C(C)C)[C@]4(C)C[C@@](CC=C(C)C)(C2=O)C(=O)[C@](C(=O)c2ccc(O)c(O)c2)(C1(C)C)[C@]34O. The van der Waals surface area contributed by atoms with Crippen LogP contribution in [0, 0.1) is 38.9 Å². The monoisotopic (exact) mass is 602 g/mol. The highest BCUT2D eigenvalue weighted by Crippen LogP contribution is 2.86. The van der Waals surface area contributed by atoms with E-state index < -0.39 is 50.0 Å². The molecule has 1 aromatic carbocycles. The molecule has 0 amide bonds. The van der Waals surface area contributed by atoms with Crippen molar-refractivity contribution in [2.24, 2.45) is 38.9 Å². The van der Waals surface area contributed by atoms with E-state index in [1.165, 1.54) is 18.2 Å². The summed E-state index contributed by atoms with van der Waals surface area (Å²) in [5, 5.41) is 34.3. The maximum atomic E-state index is 15.6. The Balaban J connectivity index is 1.92. The molecule has 44 heavy (non-hydrogen) atoms. The number of rotatable bonds is 8. The third kappa shape index (κ3) is 3.66. The quantitative estimate of drug-likeness (QED) is 0.122. The molecule has 6 nitrogen and oxygen atoms in total. The van der Waals surface area contributed by atoms with Crippen molar-refractivity contribution >= 4 is 17.3 Å². The summed E-state index contributed by atoms with van der Waals surface area (Å²) in [6.07, 6.45) is 8.65. The Labute approximate surface area is 262 Å². The van der Waals surface area contributed by atoms with Crippen molar-refractivity contribution in [1.82, 2.24) is 0 Å². The van der Waals surface area contributed by atoms with E-state index in [2.05, 4.69) is 12.2 Å². The lowest BCUT2D eigenvalue weighted by Gasteiger charge is -2.76. The Morgan fingerprint density at radius 1 is 0.818 bits per heavy atom. The van der Waals surface area contributed by atoms with Gasteiger partial charge in [0.2, 0.25) is 0 Å². The average molecular weight is 603 g/mol. The highest BCUT2D eigenvalue weighted by molar-refractivity contribution is 6.28. The predicted octanol–water partition coefficient (Wildman–Crippen LogP) is 7.67. The van der Waals surface area contributed by atoms with Crippen LogP contribution >= 0.6 is 0 Å². The highest BCUT2D eigenvalue weighted by atomic mass is 16.3. The van der Waals surface area contributed by atoms with Gasteiger partial charge in [-0.05, 0) is 116 Å². The molecule has 6 heteroatoms. The molecule has 7 atom stereocenters. The second-order valence-corrected chi connectivity index (χ2v) is 16.0. The molecule has 0 spiro atoms. The lowest BCUT2D eigenvalue weighted by Crippen LogP contribution is -2.89. The number of hydrogen-bond donors (Lipinski definition) is 3. The number of ketones is 3. The summed E-state index contributed by atoms with van der Waals surface area (Å²) in [7, 11) is 0. The van der Waals surface area contributed by atoms with Gasteiger partial charge in [-0.3, -0.25) is 14.4 Å². The minimum atomic E-state index is -1.96. The molecule has 3 N–H and O–H groups in total. The third-order valence-corrected chi connectivity index (χ3v) is 12.5. The molecule has 1 unspecified atom stereocenters. The molecule has 0 aromatic heterocycles. The number of aromatic hydroxyl groups is 2. The number of carbonyl (C=O) groups excluding carboxylic acids is 3. The summed E-state index contributed by atoms with van der Waals surface area (Å²) in [4.78, 5) is 46.2. The minimum Gasteiger partial charge on any atom is -0.504 e. The Morgan fingerprint density at radius 3 is 1.91 bits per heavy atom. The molecule has 0 saturated heterocycles. The van der Waals surface area contributed by atoms with Crippen molar-refractivity contribution in [2.75, 3.05) is 0 Å². The van der Waals surface area contributed by atoms with Gasteiger partial charge in [0.15, 0.2) is 28.8 Å². The van der Waals surface area contributed by atoms with Crippen LogP contribution in [0.5, 0.6) is 11.5 Å². The van der Waals surface area contributed by atoms with Gasteiger partial charge in [-0.15, -0.1) is 0 Å². The summed E-state index contributed by atoms with van der Waals surface area (Å²) in [5.74, 6) is -2.45. The van der Waals surface area contributed by atoms with E-state index in [1.807, 2.05) is 68.4 Å². The number of benzene rings is 1. The molecular formula is C38H50O6. The standard InChI is InChI=1S/C38H50O6/c1-22(2)10-13-26-19-36-20-27(14-11-23(3)4)34(9)21-35(31(36)42,17-16-24(5)6)32(43)37(33(26,7)8,38(34,36)44)30(41)25-12-15-28(39)29(40)18-25/h10-12,15-16,18,26-27,39-40,44H,13-14,17,19-21H2,1-9H3/t26?,27-,34+,35+,36+,37-,38-/m1/s1. The first-order chi connectivity index (χ1) is 20.3. The minimum absolute atomic E-state index is 0.0503. The van der Waals surface area contributed by atoms with Gasteiger partial charge in [0.05, 0.1) is 10.8 Å². The van der Waals surface area contributed by atoms with Gasteiger partial charge in [0.25, 0.3) is 0 Å². The van der Waals surface area contributed by atoms with Crippen molar-refractivity contribution < 1.29 is 29.7 Å². The predicted molar refractivity (Wildman–Crippen MR) is 171 cm³/mol. The van der Waals surface area contributed by atoms with Crippen molar-refractivity contribution in [2.45, 2.75) is 106 Å². The maximum Gasteiger partial charge on any atom is 0.180 e. The molecule has 0 radical (unpaired) electrons. The molecule has 5 saturated carbocycles. The number of aliphatic hydroxyl groups is 1. The normalized spacial score (nSPS) is 37.9. The van der Waals surface area contributed by atoms with E-state index in [9.17, 15) is 15.3 Å². The maximum absolute atomic E-state index is 15.6. The van der Waals surface area contributed by atoms with Crippen LogP contribution in [0.2, 0.25) is 0 Å². The van der Waals surface area contributed by atoms with Crippen molar-refractivity contribution in [3.05, 3.63) is 58.7 Å². The van der Waals surface area contributed by atoms with Crippen molar-refractivity contribution in [3.63, 3.8) is 0 Å². The summed E-state index contributed by atoms with van der Waals surface area (Å²) in [6, 6.07) is 3.87. The Morgan fingerprint density at radius 2 is 1.36 bits per heavy atom. The van der Waals surface area contributed by atoms with Crippen LogP contribution in [-0.2, 0) is 9.59 Å². The van der Waals surface area contributed by atoms with Gasteiger partial charge in [-0.1, -0.05) is 55.7 Å². The fourth-order valence-electron chi connectivity index (χ4n) is 10.4. The lowest BCUT2D eigenvalue weighted by molar-refractivity contribution is -0.299. The second-order valence-electron chi connectivity index (χ2n) is 16.0. The molecule has 5 bridgehead atoms. The van der Waals surface area contributed by atoms with Gasteiger partial charge < -0.3 is 15.3 Å². The van der Waals surface area contributed by atoms with Crippen LogP contribution < -0.4 is 0 Å². The van der Waals surface area contributed by atoms with E-state index >= 15 is 14.4 Å². The van der Waals surface area contributed by atoms with Crippen LogP contribution in [0.25, 0.3) is 0 Å². The number of phenolic OH excluding ortho intramolecular Hbond substituents is 2. The summed E-state index contributed by atoms with van der Waals surface area (Å²) in [6.45, 7) is 17.9. The molecule has 5 aliphatic rings. The number of hydrogen-bond acceptors (Lipinski definition) is 6. The number of Topliss-reactive ketones (excluding diaryl/α,β-unsaturated/α-hetero) is 3. The molecule has 0 heterocycles. The average Bonchev–Trinajstić information content (AvgIpc) is 3.07. The zero-order chi connectivity index (χ0) is 32.8. The van der Waals surface area contributed by atoms with E-state index in [1.54, 1.807) is 0 Å². The van der Waals surface area contributed by atoms with Gasteiger partial charge >= 0.3 is 0 Å². The molecule has 1 aromatic rings. The topological polar surface area (TPSA) is 112 Å². The number of allylic oxidation sites excluding steroid dienone is 6. The Bertz CT molecular complexity index is 1530. The number of carbonyl (C=O) groups is 3. The van der Waals surface area contributed by atoms with Gasteiger partial charge in [0.1, 0.15) is 11.0 Å². The summed E-state index contributed by atoms with van der Waals surface area (Å²) >= 11 is 0. The smallest absolute Gasteiger partial charge is 0.180 e. The Kier molecular flexibility index (Phi) is 7.37. The fraction of sp³-hybridized carbons (Fsp3) is 0.605. The first-order valence-corrected chi connectivity index (χ1v) is 16.1. The largest absolute Gasteiger partial charge is 0.504 e. The molecule has 238 valence electrons. The van der Waals surface area contributed by atoms with Gasteiger partial charge in [-0.2, -0.15) is 0 Å². The summed E-state index contributed by atoms with van der Waals surface area (Å²) < 4.78 is 0. The molecule has 5 aliphatic carbocycles. The van der Waals surface area contributed by atoms with Crippen molar-refractivity contribution in [3.8, 4) is 11.5 Å². The zero-order valence-corrected chi connectivity index (χ0v) is 27.9. The van der Waals surface area contributed by atoms with E-state index in [-0.39, 0.29) is 41.8 Å². The highest BCUT2D eigenvalue weighted by Gasteiger charge is 2.95. The van der Waals surface area contributed by atoms with Crippen LogP contribution in [0.3, 0.4) is 0 Å². The van der Waals surface area contributed by atoms with Crippen LogP contribution in [0.1, 0.15) is 111 Å². The van der Waals surface area contributed by atoms with E-state index in [0.717, 1.165) is 16.7 Å². The first kappa shape index (κ1) is 32.4. The lowest BCUT2D eigenvalue weighted by atomic mass is 9.24.